The van der Waals surface area contributed by atoms with Crippen molar-refractivity contribution in [1.82, 2.24) is 10.3 Å². The zero-order valence-corrected chi connectivity index (χ0v) is 10.5. The molecule has 1 aromatic heterocycles. The summed E-state index contributed by atoms with van der Waals surface area (Å²) < 4.78 is 5.45. The van der Waals surface area contributed by atoms with E-state index in [1.54, 1.807) is 6.07 Å². The Morgan fingerprint density at radius 2 is 2.12 bits per heavy atom. The minimum Gasteiger partial charge on any atom is -0.506 e. The normalized spacial score (nSPS) is 10.6. The molecule has 0 aliphatic carbocycles. The maximum absolute atomic E-state index is 9.07. The first-order valence-corrected chi connectivity index (χ1v) is 6.25. The average Bonchev–Trinajstić information content (AvgIpc) is 2.35. The van der Waals surface area contributed by atoms with E-state index in [1.807, 2.05) is 6.07 Å². The quantitative estimate of drug-likeness (QED) is 0.647. The van der Waals surface area contributed by atoms with Gasteiger partial charge in [0.05, 0.1) is 11.9 Å². The van der Waals surface area contributed by atoms with Gasteiger partial charge >= 0.3 is 0 Å². The second-order valence-corrected chi connectivity index (χ2v) is 4.00. The van der Waals surface area contributed by atoms with Crippen molar-refractivity contribution in [2.45, 2.75) is 32.7 Å². The zero-order chi connectivity index (χ0) is 12.3. The Morgan fingerprint density at radius 1 is 1.29 bits per heavy atom. The summed E-state index contributed by atoms with van der Waals surface area (Å²) in [6, 6.07) is 3.47. The first-order chi connectivity index (χ1) is 8.33. The topological polar surface area (TPSA) is 54.4 Å². The maximum Gasteiger partial charge on any atom is 0.133 e. The molecule has 4 heteroatoms. The smallest absolute Gasteiger partial charge is 0.133 e. The van der Waals surface area contributed by atoms with E-state index in [0.717, 1.165) is 44.8 Å². The van der Waals surface area contributed by atoms with Gasteiger partial charge in [0.2, 0.25) is 0 Å². The number of nitrogens with one attached hydrogen (secondary N) is 1. The second-order valence-electron chi connectivity index (χ2n) is 4.00. The van der Waals surface area contributed by atoms with Gasteiger partial charge in [-0.15, -0.1) is 0 Å². The molecule has 17 heavy (non-hydrogen) atoms. The van der Waals surface area contributed by atoms with Gasteiger partial charge in [0.25, 0.3) is 0 Å². The summed E-state index contributed by atoms with van der Waals surface area (Å²) in [7, 11) is 0. The van der Waals surface area contributed by atoms with Gasteiger partial charge in [-0.1, -0.05) is 13.3 Å². The van der Waals surface area contributed by atoms with E-state index in [4.69, 9.17) is 9.84 Å². The molecule has 4 nitrogen and oxygen atoms in total. The summed E-state index contributed by atoms with van der Waals surface area (Å²) in [6.45, 7) is 5.51. The average molecular weight is 238 g/mol. The standard InChI is InChI=1S/C13H22N2O2/c1-2-3-8-17-9-4-7-14-10-12-5-6-13(16)11-15-12/h5-6,11,14,16H,2-4,7-10H2,1H3. The Kier molecular flexibility index (Phi) is 7.34. The number of aromatic nitrogens is 1. The van der Waals surface area contributed by atoms with Gasteiger partial charge < -0.3 is 15.2 Å². The first-order valence-electron chi connectivity index (χ1n) is 6.25. The predicted molar refractivity (Wildman–Crippen MR) is 68.0 cm³/mol. The van der Waals surface area contributed by atoms with Crippen LogP contribution in [0.3, 0.4) is 0 Å². The van der Waals surface area contributed by atoms with Gasteiger partial charge in [-0.2, -0.15) is 0 Å². The van der Waals surface area contributed by atoms with Crippen LogP contribution in [0.15, 0.2) is 18.3 Å². The van der Waals surface area contributed by atoms with Gasteiger partial charge in [-0.25, -0.2) is 0 Å². The number of ether oxygens (including phenoxy) is 1. The van der Waals surface area contributed by atoms with E-state index in [2.05, 4.69) is 17.2 Å². The second kappa shape index (κ2) is 8.96. The molecule has 1 heterocycles. The molecular weight excluding hydrogens is 216 g/mol. The lowest BCUT2D eigenvalue weighted by atomic mass is 10.3. The fourth-order valence-electron chi connectivity index (χ4n) is 1.39. The predicted octanol–water partition coefficient (Wildman–Crippen LogP) is 2.08. The number of aromatic hydroxyl groups is 1. The van der Waals surface area contributed by atoms with Crippen LogP contribution in [0.2, 0.25) is 0 Å². The van der Waals surface area contributed by atoms with Crippen LogP contribution in [-0.2, 0) is 11.3 Å². The summed E-state index contributed by atoms with van der Waals surface area (Å²) in [6.07, 6.45) is 4.81. The van der Waals surface area contributed by atoms with Crippen LogP contribution in [0.4, 0.5) is 0 Å². The Bertz CT molecular complexity index is 288. The Morgan fingerprint density at radius 3 is 2.82 bits per heavy atom. The molecule has 0 unspecified atom stereocenters. The van der Waals surface area contributed by atoms with Crippen LogP contribution < -0.4 is 5.32 Å². The van der Waals surface area contributed by atoms with E-state index in [9.17, 15) is 0 Å². The van der Waals surface area contributed by atoms with Gasteiger partial charge in [0.1, 0.15) is 5.75 Å². The van der Waals surface area contributed by atoms with Crippen molar-refractivity contribution in [1.29, 1.82) is 0 Å². The van der Waals surface area contributed by atoms with Crippen LogP contribution in [-0.4, -0.2) is 29.8 Å². The third-order valence-electron chi connectivity index (χ3n) is 2.40. The van der Waals surface area contributed by atoms with Gasteiger partial charge in [0, 0.05) is 19.8 Å². The lowest BCUT2D eigenvalue weighted by Gasteiger charge is -2.05. The molecule has 0 aliphatic rings. The van der Waals surface area contributed by atoms with Crippen molar-refractivity contribution in [2.24, 2.45) is 0 Å². The lowest BCUT2D eigenvalue weighted by molar-refractivity contribution is 0.128. The molecule has 0 atom stereocenters. The summed E-state index contributed by atoms with van der Waals surface area (Å²) in [5, 5.41) is 12.4. The molecular formula is C13H22N2O2. The molecule has 0 spiro atoms. The number of hydrogen-bond donors (Lipinski definition) is 2. The molecule has 0 bridgehead atoms. The van der Waals surface area contributed by atoms with E-state index < -0.39 is 0 Å². The van der Waals surface area contributed by atoms with E-state index >= 15 is 0 Å². The van der Waals surface area contributed by atoms with Crippen molar-refractivity contribution in [3.05, 3.63) is 24.0 Å². The highest BCUT2D eigenvalue weighted by atomic mass is 16.5. The number of unbranched alkanes of at least 4 members (excludes halogenated alkanes) is 1. The van der Waals surface area contributed by atoms with Crippen molar-refractivity contribution < 1.29 is 9.84 Å². The van der Waals surface area contributed by atoms with Crippen LogP contribution in [0.1, 0.15) is 31.9 Å². The monoisotopic (exact) mass is 238 g/mol. The fourth-order valence-corrected chi connectivity index (χ4v) is 1.39. The summed E-state index contributed by atoms with van der Waals surface area (Å²) in [4.78, 5) is 4.09. The van der Waals surface area contributed by atoms with Crippen LogP contribution in [0.5, 0.6) is 5.75 Å². The van der Waals surface area contributed by atoms with Crippen LogP contribution in [0.25, 0.3) is 0 Å². The summed E-state index contributed by atoms with van der Waals surface area (Å²) >= 11 is 0. The Balaban J connectivity index is 1.95. The Labute approximate surface area is 103 Å². The minimum absolute atomic E-state index is 0.207. The highest BCUT2D eigenvalue weighted by molar-refractivity contribution is 5.17. The Hall–Kier alpha value is -1.13. The minimum atomic E-state index is 0.207. The third kappa shape index (κ3) is 6.92. The van der Waals surface area contributed by atoms with E-state index in [-0.39, 0.29) is 5.75 Å². The maximum atomic E-state index is 9.07. The van der Waals surface area contributed by atoms with E-state index in [0.29, 0.717) is 0 Å². The summed E-state index contributed by atoms with van der Waals surface area (Å²) in [5.41, 5.74) is 0.940. The molecule has 0 radical (unpaired) electrons. The van der Waals surface area contributed by atoms with Crippen molar-refractivity contribution in [3.8, 4) is 5.75 Å². The highest BCUT2D eigenvalue weighted by Crippen LogP contribution is 2.05. The van der Waals surface area contributed by atoms with Gasteiger partial charge in [0.15, 0.2) is 0 Å². The van der Waals surface area contributed by atoms with Gasteiger partial charge in [-0.3, -0.25) is 4.98 Å². The summed E-state index contributed by atoms with van der Waals surface area (Å²) in [5.74, 6) is 0.207. The molecule has 0 fully saturated rings. The van der Waals surface area contributed by atoms with Crippen LogP contribution in [0, 0.1) is 0 Å². The molecule has 0 saturated heterocycles. The van der Waals surface area contributed by atoms with E-state index in [1.165, 1.54) is 12.6 Å². The largest absolute Gasteiger partial charge is 0.506 e. The number of rotatable bonds is 9. The number of nitrogens with zero attached hydrogens (tertiary/aromatic N) is 1. The molecule has 0 aromatic carbocycles. The zero-order valence-electron chi connectivity index (χ0n) is 10.5. The lowest BCUT2D eigenvalue weighted by Crippen LogP contribution is -2.17. The van der Waals surface area contributed by atoms with Crippen molar-refractivity contribution in [3.63, 3.8) is 0 Å². The molecule has 2 N–H and O–H groups in total. The van der Waals surface area contributed by atoms with Crippen LogP contribution >= 0.6 is 0 Å². The number of hydrogen-bond acceptors (Lipinski definition) is 4. The number of pyridine rings is 1. The highest BCUT2D eigenvalue weighted by Gasteiger charge is 1.94. The molecule has 0 aliphatic heterocycles. The molecule has 0 amide bonds. The molecule has 1 rings (SSSR count). The molecule has 1 aromatic rings. The van der Waals surface area contributed by atoms with Gasteiger partial charge in [-0.05, 0) is 31.5 Å². The first kappa shape index (κ1) is 13.9. The SMILES string of the molecule is CCCCOCCCNCc1ccc(O)cn1. The van der Waals surface area contributed by atoms with Crippen molar-refractivity contribution in [2.75, 3.05) is 19.8 Å². The third-order valence-corrected chi connectivity index (χ3v) is 2.40. The van der Waals surface area contributed by atoms with Crippen molar-refractivity contribution >= 4 is 0 Å². The molecule has 0 saturated carbocycles. The molecule has 96 valence electrons. The fraction of sp³-hybridized carbons (Fsp3) is 0.615.